The maximum atomic E-state index is 12.8. The monoisotopic (exact) mass is 516 g/mol. The van der Waals surface area contributed by atoms with Crippen molar-refractivity contribution in [2.24, 2.45) is 4.99 Å². The average Bonchev–Trinajstić information content (AvgIpc) is 3.23. The van der Waals surface area contributed by atoms with Gasteiger partial charge in [-0.15, -0.1) is 24.0 Å². The number of pyridine rings is 1. The Bertz CT molecular complexity index is 941. The van der Waals surface area contributed by atoms with Crippen molar-refractivity contribution in [2.75, 3.05) is 7.05 Å². The van der Waals surface area contributed by atoms with E-state index >= 15 is 0 Å². The number of alkyl halides is 3. The molecule has 0 saturated heterocycles. The molecule has 6 nitrogen and oxygen atoms in total. The van der Waals surface area contributed by atoms with Crippen molar-refractivity contribution in [3.05, 3.63) is 78.0 Å². The summed E-state index contributed by atoms with van der Waals surface area (Å²) in [6, 6.07) is 8.99. The fraction of sp³-hybridized carbons (Fsp3) is 0.211. The number of aliphatic imine (C=N–C) groups is 1. The highest BCUT2D eigenvalue weighted by Gasteiger charge is 2.30. The Morgan fingerprint density at radius 3 is 2.41 bits per heavy atom. The Balaban J connectivity index is 0.00000300. The van der Waals surface area contributed by atoms with Gasteiger partial charge in [0.1, 0.15) is 12.1 Å². The second kappa shape index (κ2) is 10.2. The van der Waals surface area contributed by atoms with Gasteiger partial charge in [0.05, 0.1) is 5.56 Å². The summed E-state index contributed by atoms with van der Waals surface area (Å²) in [6.07, 6.45) is 2.48. The van der Waals surface area contributed by atoms with Crippen LogP contribution in [0.2, 0.25) is 0 Å². The summed E-state index contributed by atoms with van der Waals surface area (Å²) in [5, 5.41) is 6.15. The first-order chi connectivity index (χ1) is 13.5. The van der Waals surface area contributed by atoms with Gasteiger partial charge in [-0.05, 0) is 35.4 Å². The van der Waals surface area contributed by atoms with Gasteiger partial charge in [-0.3, -0.25) is 9.56 Å². The quantitative estimate of drug-likeness (QED) is 0.308. The van der Waals surface area contributed by atoms with Gasteiger partial charge in [-0.25, -0.2) is 9.97 Å². The first-order valence-corrected chi connectivity index (χ1v) is 8.49. The lowest BCUT2D eigenvalue weighted by molar-refractivity contribution is -0.137. The molecule has 29 heavy (non-hydrogen) atoms. The van der Waals surface area contributed by atoms with Crippen LogP contribution in [0.3, 0.4) is 0 Å². The zero-order valence-electron chi connectivity index (χ0n) is 15.5. The number of halogens is 4. The molecule has 0 aliphatic rings. The predicted molar refractivity (Wildman–Crippen MR) is 115 cm³/mol. The predicted octanol–water partition coefficient (Wildman–Crippen LogP) is 3.77. The van der Waals surface area contributed by atoms with Gasteiger partial charge in [0.2, 0.25) is 0 Å². The molecule has 2 heterocycles. The highest BCUT2D eigenvalue weighted by Crippen LogP contribution is 2.29. The third kappa shape index (κ3) is 6.44. The molecule has 0 unspecified atom stereocenters. The molecule has 0 bridgehead atoms. The smallest absolute Gasteiger partial charge is 0.352 e. The standard InChI is InChI=1S/C19H19F3N6.HI/c1-23-18(26-11-14-3-2-4-16(9-14)19(20,21)22)27-12-15-5-6-25-17(10-15)28-8-7-24-13-28;/h2-10,13H,11-12H2,1H3,(H2,23,26,27);1H. The van der Waals surface area contributed by atoms with Gasteiger partial charge >= 0.3 is 6.18 Å². The first kappa shape index (κ1) is 22.7. The van der Waals surface area contributed by atoms with Crippen LogP contribution in [0.15, 0.2) is 66.3 Å². The highest BCUT2D eigenvalue weighted by atomic mass is 127. The van der Waals surface area contributed by atoms with E-state index in [4.69, 9.17) is 0 Å². The van der Waals surface area contributed by atoms with Gasteiger partial charge in [0.25, 0.3) is 0 Å². The molecule has 0 radical (unpaired) electrons. The fourth-order valence-electron chi connectivity index (χ4n) is 2.56. The van der Waals surface area contributed by atoms with Crippen LogP contribution in [0, 0.1) is 0 Å². The third-order valence-corrected chi connectivity index (χ3v) is 3.98. The number of aromatic nitrogens is 3. The van der Waals surface area contributed by atoms with Gasteiger partial charge in [-0.2, -0.15) is 13.2 Å². The molecular weight excluding hydrogens is 496 g/mol. The van der Waals surface area contributed by atoms with Gasteiger partial charge in [-0.1, -0.05) is 12.1 Å². The first-order valence-electron chi connectivity index (χ1n) is 8.49. The van der Waals surface area contributed by atoms with Crippen LogP contribution in [0.5, 0.6) is 0 Å². The van der Waals surface area contributed by atoms with Crippen molar-refractivity contribution in [2.45, 2.75) is 19.3 Å². The van der Waals surface area contributed by atoms with Crippen LogP contribution >= 0.6 is 24.0 Å². The number of nitrogens with zero attached hydrogens (tertiary/aromatic N) is 4. The van der Waals surface area contributed by atoms with E-state index in [2.05, 4.69) is 25.6 Å². The van der Waals surface area contributed by atoms with Crippen LogP contribution in [-0.2, 0) is 19.3 Å². The summed E-state index contributed by atoms with van der Waals surface area (Å²) in [6.45, 7) is 0.701. The molecule has 10 heteroatoms. The number of imidazole rings is 1. The number of benzene rings is 1. The van der Waals surface area contributed by atoms with E-state index in [1.807, 2.05) is 12.1 Å². The second-order valence-electron chi connectivity index (χ2n) is 5.97. The molecule has 0 atom stereocenters. The second-order valence-corrected chi connectivity index (χ2v) is 5.97. The molecule has 0 aliphatic carbocycles. The lowest BCUT2D eigenvalue weighted by Gasteiger charge is -2.13. The Hall–Kier alpha value is -2.63. The van der Waals surface area contributed by atoms with E-state index in [0.717, 1.165) is 23.5 Å². The lowest BCUT2D eigenvalue weighted by Crippen LogP contribution is -2.36. The topological polar surface area (TPSA) is 67.1 Å². The number of guanidine groups is 1. The number of nitrogens with one attached hydrogen (secondary N) is 2. The molecular formula is C19H20F3IN6. The van der Waals surface area contributed by atoms with Gasteiger partial charge < -0.3 is 10.6 Å². The van der Waals surface area contributed by atoms with Crippen LogP contribution in [0.25, 0.3) is 5.82 Å². The fourth-order valence-corrected chi connectivity index (χ4v) is 2.56. The van der Waals surface area contributed by atoms with Crippen molar-refractivity contribution in [3.8, 4) is 5.82 Å². The van der Waals surface area contributed by atoms with E-state index in [1.165, 1.54) is 6.07 Å². The van der Waals surface area contributed by atoms with Gasteiger partial charge in [0.15, 0.2) is 5.96 Å². The van der Waals surface area contributed by atoms with E-state index in [1.54, 1.807) is 42.6 Å². The summed E-state index contributed by atoms with van der Waals surface area (Å²) in [5.41, 5.74) is 0.823. The van der Waals surface area contributed by atoms with Crippen LogP contribution < -0.4 is 10.6 Å². The minimum atomic E-state index is -4.36. The molecule has 2 aromatic heterocycles. The Morgan fingerprint density at radius 1 is 1.07 bits per heavy atom. The van der Waals surface area contributed by atoms with Crippen LogP contribution in [-0.4, -0.2) is 27.5 Å². The van der Waals surface area contributed by atoms with Crippen molar-refractivity contribution in [1.29, 1.82) is 0 Å². The molecule has 0 saturated carbocycles. The molecule has 3 rings (SSSR count). The van der Waals surface area contributed by atoms with Crippen molar-refractivity contribution < 1.29 is 13.2 Å². The summed E-state index contributed by atoms with van der Waals surface area (Å²) in [5.74, 6) is 1.22. The minimum absolute atomic E-state index is 0. The van der Waals surface area contributed by atoms with Crippen molar-refractivity contribution in [1.82, 2.24) is 25.2 Å². The maximum Gasteiger partial charge on any atom is 0.416 e. The van der Waals surface area contributed by atoms with E-state index < -0.39 is 11.7 Å². The van der Waals surface area contributed by atoms with E-state index in [9.17, 15) is 13.2 Å². The van der Waals surface area contributed by atoms with E-state index in [-0.39, 0.29) is 30.5 Å². The number of rotatable bonds is 5. The summed E-state index contributed by atoms with van der Waals surface area (Å²) >= 11 is 0. The SMILES string of the molecule is CN=C(NCc1cccc(C(F)(F)F)c1)NCc1ccnc(-n2ccnc2)c1.I. The molecule has 3 aromatic rings. The largest absolute Gasteiger partial charge is 0.416 e. The molecule has 0 aliphatic heterocycles. The minimum Gasteiger partial charge on any atom is -0.352 e. The average molecular weight is 516 g/mol. The number of hydrogen-bond acceptors (Lipinski definition) is 3. The van der Waals surface area contributed by atoms with Gasteiger partial charge in [0, 0.05) is 38.7 Å². The molecule has 2 N–H and O–H groups in total. The third-order valence-electron chi connectivity index (χ3n) is 3.98. The Kier molecular flexibility index (Phi) is 8.00. The molecule has 0 fully saturated rings. The normalized spacial score (nSPS) is 11.7. The zero-order valence-corrected chi connectivity index (χ0v) is 17.8. The Morgan fingerprint density at radius 2 is 1.79 bits per heavy atom. The van der Waals surface area contributed by atoms with Crippen LogP contribution in [0.1, 0.15) is 16.7 Å². The summed E-state index contributed by atoms with van der Waals surface area (Å²) in [7, 11) is 1.60. The summed E-state index contributed by atoms with van der Waals surface area (Å²) in [4.78, 5) is 12.4. The van der Waals surface area contributed by atoms with Crippen molar-refractivity contribution >= 4 is 29.9 Å². The molecule has 0 spiro atoms. The number of hydrogen-bond donors (Lipinski definition) is 2. The Labute approximate surface area is 183 Å². The highest BCUT2D eigenvalue weighted by molar-refractivity contribution is 14.0. The van der Waals surface area contributed by atoms with Crippen LogP contribution in [0.4, 0.5) is 13.2 Å². The summed E-state index contributed by atoms with van der Waals surface area (Å²) < 4.78 is 40.2. The molecule has 154 valence electrons. The zero-order chi connectivity index (χ0) is 20.0. The lowest BCUT2D eigenvalue weighted by atomic mass is 10.1. The van der Waals surface area contributed by atoms with Crippen molar-refractivity contribution in [3.63, 3.8) is 0 Å². The molecule has 0 amide bonds. The molecule has 1 aromatic carbocycles. The maximum absolute atomic E-state index is 12.8. The van der Waals surface area contributed by atoms with E-state index in [0.29, 0.717) is 18.1 Å².